The van der Waals surface area contributed by atoms with Crippen LogP contribution in [0.3, 0.4) is 0 Å². The Morgan fingerprint density at radius 2 is 1.88 bits per heavy atom. The molecule has 0 atom stereocenters. The van der Waals surface area contributed by atoms with Crippen LogP contribution in [0.5, 0.6) is 0 Å². The molecule has 0 aromatic carbocycles. The minimum Gasteiger partial charge on any atom is -0.414 e. The molecule has 1 fully saturated rings. The summed E-state index contributed by atoms with van der Waals surface area (Å²) in [5.41, 5.74) is 1.14. The van der Waals surface area contributed by atoms with Crippen LogP contribution in [0.1, 0.15) is 52.5 Å². The Morgan fingerprint density at radius 3 is 2.46 bits per heavy atom. The van der Waals surface area contributed by atoms with E-state index in [0.717, 1.165) is 47.0 Å². The highest BCUT2D eigenvalue weighted by Gasteiger charge is 2.40. The molecule has 0 radical (unpaired) electrons. The lowest BCUT2D eigenvalue weighted by molar-refractivity contribution is 0.116. The van der Waals surface area contributed by atoms with Crippen LogP contribution in [0.4, 0.5) is 5.82 Å². The summed E-state index contributed by atoms with van der Waals surface area (Å²) in [7, 11) is 0.204. The number of rotatable bonds is 4. The number of hydrogen-bond acceptors (Lipinski definition) is 4. The highest BCUT2D eigenvalue weighted by Crippen LogP contribution is 2.41. The summed E-state index contributed by atoms with van der Waals surface area (Å²) in [5, 5.41) is 9.22. The van der Waals surface area contributed by atoms with Crippen molar-refractivity contribution in [1.82, 2.24) is 14.8 Å². The zero-order valence-corrected chi connectivity index (χ0v) is 19.4. The highest BCUT2D eigenvalue weighted by atomic mass is 79.9. The van der Waals surface area contributed by atoms with Crippen molar-refractivity contribution in [2.24, 2.45) is 0 Å². The lowest BCUT2D eigenvalue weighted by Gasteiger charge is -2.41. The molecule has 0 saturated heterocycles. The predicted molar refractivity (Wildman–Crippen MR) is 114 cm³/mol. The van der Waals surface area contributed by atoms with E-state index in [2.05, 4.69) is 70.8 Å². The van der Waals surface area contributed by atoms with Crippen molar-refractivity contribution in [1.29, 1.82) is 0 Å². The maximum atomic E-state index is 6.64. The minimum atomic E-state index is -1.69. The average molecular weight is 439 g/mol. The van der Waals surface area contributed by atoms with Gasteiger partial charge in [0.05, 0.1) is 16.9 Å². The first kappa shape index (κ1) is 19.8. The molecule has 1 aliphatic carbocycles. The molecule has 2 heterocycles. The van der Waals surface area contributed by atoms with Crippen LogP contribution in [-0.2, 0) is 4.43 Å². The first-order valence-corrected chi connectivity index (χ1v) is 13.2. The van der Waals surface area contributed by atoms with Gasteiger partial charge >= 0.3 is 0 Å². The third-order valence-electron chi connectivity index (χ3n) is 6.06. The summed E-state index contributed by atoms with van der Waals surface area (Å²) in [6, 6.07) is 2.51. The Morgan fingerprint density at radius 1 is 1.23 bits per heavy atom. The molecule has 1 N–H and O–H groups in total. The Labute approximate surface area is 166 Å². The number of halogens is 1. The number of aromatic nitrogens is 3. The number of nitrogens with one attached hydrogen (secondary N) is 1. The second-order valence-electron chi connectivity index (χ2n) is 8.88. The van der Waals surface area contributed by atoms with E-state index in [9.17, 15) is 0 Å². The average Bonchev–Trinajstić information content (AvgIpc) is 2.90. The van der Waals surface area contributed by atoms with Crippen LogP contribution < -0.4 is 5.32 Å². The molecule has 0 spiro atoms. The van der Waals surface area contributed by atoms with Gasteiger partial charge in [-0.2, -0.15) is 5.10 Å². The van der Waals surface area contributed by atoms with Gasteiger partial charge in [-0.05, 0) is 59.7 Å². The van der Waals surface area contributed by atoms with E-state index in [4.69, 9.17) is 9.52 Å². The summed E-state index contributed by atoms with van der Waals surface area (Å²) in [6.07, 6.45) is 6.73. The van der Waals surface area contributed by atoms with Gasteiger partial charge in [-0.1, -0.05) is 20.8 Å². The van der Waals surface area contributed by atoms with E-state index in [0.29, 0.717) is 12.1 Å². The lowest BCUT2D eigenvalue weighted by Crippen LogP contribution is -2.44. The van der Waals surface area contributed by atoms with Gasteiger partial charge in [-0.25, -0.2) is 4.98 Å². The molecule has 0 bridgehead atoms. The van der Waals surface area contributed by atoms with E-state index >= 15 is 0 Å². The summed E-state index contributed by atoms with van der Waals surface area (Å²) in [6.45, 7) is 11.6. The fourth-order valence-electron chi connectivity index (χ4n) is 3.41. The quantitative estimate of drug-likeness (QED) is 0.617. The fraction of sp³-hybridized carbons (Fsp3) is 0.684. The Balaban J connectivity index is 1.73. The van der Waals surface area contributed by atoms with Crippen LogP contribution in [0.25, 0.3) is 10.9 Å². The molecular formula is C19H31BrN4OSi. The monoisotopic (exact) mass is 438 g/mol. The summed E-state index contributed by atoms with van der Waals surface area (Å²) in [4.78, 5) is 4.41. The van der Waals surface area contributed by atoms with Gasteiger partial charge in [0.2, 0.25) is 0 Å². The minimum absolute atomic E-state index is 0.267. The SMILES string of the molecule is CNc1cc2c(cn1)c(Br)nn2[C@H]1CC[C@H](O[Si](C)(C)C(C)(C)C)CC1. The van der Waals surface area contributed by atoms with Crippen LogP contribution >= 0.6 is 15.9 Å². The second kappa shape index (κ2) is 7.24. The van der Waals surface area contributed by atoms with E-state index < -0.39 is 8.32 Å². The Hall–Kier alpha value is -0.923. The smallest absolute Gasteiger partial charge is 0.192 e. The maximum absolute atomic E-state index is 6.64. The van der Waals surface area contributed by atoms with Crippen molar-refractivity contribution >= 4 is 41.0 Å². The van der Waals surface area contributed by atoms with Gasteiger partial charge in [0.25, 0.3) is 0 Å². The molecule has 1 saturated carbocycles. The van der Waals surface area contributed by atoms with Crippen LogP contribution in [-0.4, -0.2) is 36.2 Å². The lowest BCUT2D eigenvalue weighted by atomic mass is 9.93. The molecule has 3 rings (SSSR count). The third kappa shape index (κ3) is 3.85. The maximum Gasteiger partial charge on any atom is 0.192 e. The zero-order valence-electron chi connectivity index (χ0n) is 16.8. The van der Waals surface area contributed by atoms with E-state index in [-0.39, 0.29) is 5.04 Å². The van der Waals surface area contributed by atoms with E-state index in [1.54, 1.807) is 0 Å². The molecule has 2 aromatic rings. The molecule has 1 aliphatic rings. The molecule has 2 aromatic heterocycles. The summed E-state index contributed by atoms with van der Waals surface area (Å²) < 4.78 is 9.70. The Kier molecular flexibility index (Phi) is 5.52. The molecule has 0 amide bonds. The number of pyridine rings is 1. The van der Waals surface area contributed by atoms with Gasteiger partial charge < -0.3 is 9.74 Å². The molecule has 0 unspecified atom stereocenters. The van der Waals surface area contributed by atoms with Crippen molar-refractivity contribution in [3.05, 3.63) is 16.9 Å². The van der Waals surface area contributed by atoms with Crippen molar-refractivity contribution in [3.63, 3.8) is 0 Å². The Bertz CT molecular complexity index is 776. The summed E-state index contributed by atoms with van der Waals surface area (Å²) >= 11 is 3.59. The largest absolute Gasteiger partial charge is 0.414 e. The summed E-state index contributed by atoms with van der Waals surface area (Å²) in [5.74, 6) is 0.876. The van der Waals surface area contributed by atoms with Crippen molar-refractivity contribution in [2.45, 2.75) is 76.7 Å². The molecule has 26 heavy (non-hydrogen) atoms. The third-order valence-corrected chi connectivity index (χ3v) is 11.2. The first-order valence-electron chi connectivity index (χ1n) is 9.52. The van der Waals surface area contributed by atoms with Gasteiger partial charge in [-0.3, -0.25) is 4.68 Å². The topological polar surface area (TPSA) is 52.0 Å². The number of fused-ring (bicyclic) bond motifs is 1. The first-order chi connectivity index (χ1) is 12.1. The van der Waals surface area contributed by atoms with Crippen molar-refractivity contribution < 1.29 is 4.43 Å². The number of hydrogen-bond donors (Lipinski definition) is 1. The van der Waals surface area contributed by atoms with Crippen LogP contribution in [0.15, 0.2) is 16.9 Å². The van der Waals surface area contributed by atoms with Gasteiger partial charge in [0, 0.05) is 25.4 Å². The second-order valence-corrected chi connectivity index (χ2v) is 14.4. The standard InChI is InChI=1S/C19H31BrN4OSi/c1-19(2,3)26(5,6)25-14-9-7-13(8-10-14)24-16-11-17(21-4)22-12-15(16)18(20)23-24/h11-14H,7-10H2,1-6H3,(H,21,22)/t13-,14-. The molecule has 7 heteroatoms. The fourth-order valence-corrected chi connectivity index (χ4v) is 5.31. The zero-order chi connectivity index (χ0) is 19.1. The molecular weight excluding hydrogens is 408 g/mol. The van der Waals surface area contributed by atoms with Gasteiger partial charge in [-0.15, -0.1) is 0 Å². The van der Waals surface area contributed by atoms with Crippen LogP contribution in [0.2, 0.25) is 18.1 Å². The van der Waals surface area contributed by atoms with Gasteiger partial charge in [0.1, 0.15) is 10.4 Å². The van der Waals surface area contributed by atoms with Crippen molar-refractivity contribution in [3.8, 4) is 0 Å². The van der Waals surface area contributed by atoms with Crippen molar-refractivity contribution in [2.75, 3.05) is 12.4 Å². The number of anilines is 1. The normalized spacial score (nSPS) is 22.0. The van der Waals surface area contributed by atoms with E-state index in [1.165, 1.54) is 0 Å². The van der Waals surface area contributed by atoms with Gasteiger partial charge in [0.15, 0.2) is 8.32 Å². The molecule has 5 nitrogen and oxygen atoms in total. The molecule has 144 valence electrons. The van der Waals surface area contributed by atoms with E-state index in [1.807, 2.05) is 13.2 Å². The highest BCUT2D eigenvalue weighted by molar-refractivity contribution is 9.10. The molecule has 0 aliphatic heterocycles. The predicted octanol–water partition coefficient (Wildman–Crippen LogP) is 5.74. The number of nitrogens with zero attached hydrogens (tertiary/aromatic N) is 3. The van der Waals surface area contributed by atoms with Crippen LogP contribution in [0, 0.1) is 0 Å².